The van der Waals surface area contributed by atoms with Crippen molar-refractivity contribution < 1.29 is 0 Å². The summed E-state index contributed by atoms with van der Waals surface area (Å²) >= 11 is 0. The predicted octanol–water partition coefficient (Wildman–Crippen LogP) is 12.8. The van der Waals surface area contributed by atoms with E-state index < -0.39 is 0 Å². The van der Waals surface area contributed by atoms with Gasteiger partial charge in [-0.1, -0.05) is 98.8 Å². The summed E-state index contributed by atoms with van der Waals surface area (Å²) in [6.45, 7) is 8.35. The maximum absolute atomic E-state index is 5.43. The second kappa shape index (κ2) is 14.4. The number of aromatic nitrogens is 5. The van der Waals surface area contributed by atoms with E-state index in [4.69, 9.17) is 9.97 Å². The van der Waals surface area contributed by atoms with Gasteiger partial charge in [-0.2, -0.15) is 0 Å². The van der Waals surface area contributed by atoms with Gasteiger partial charge in [-0.3, -0.25) is 4.57 Å². The van der Waals surface area contributed by atoms with Crippen molar-refractivity contribution in [2.24, 2.45) is 0 Å². The molecule has 2 aliphatic carbocycles. The Hall–Kier alpha value is -6.46. The lowest BCUT2D eigenvalue weighted by molar-refractivity contribution is 0.951. The van der Waals surface area contributed by atoms with Crippen molar-refractivity contribution in [3.05, 3.63) is 167 Å². The summed E-state index contributed by atoms with van der Waals surface area (Å²) in [5.41, 5.74) is 17.4. The molecular formula is C50H45N5. The summed E-state index contributed by atoms with van der Waals surface area (Å²) in [5.74, 6) is 0.865. The number of hydrogen-bond acceptors (Lipinski definition) is 2. The van der Waals surface area contributed by atoms with Crippen LogP contribution in [0.1, 0.15) is 67.4 Å². The molecule has 10 rings (SSSR count). The molecule has 0 aliphatic heterocycles. The average Bonchev–Trinajstić information content (AvgIpc) is 3.90. The third-order valence-electron chi connectivity index (χ3n) is 11.0. The number of para-hydroxylation sites is 1. The van der Waals surface area contributed by atoms with Gasteiger partial charge >= 0.3 is 0 Å². The molecule has 0 spiro atoms. The number of fused-ring (bicyclic) bond motifs is 5. The first kappa shape index (κ1) is 34.3. The highest BCUT2D eigenvalue weighted by Crippen LogP contribution is 2.38. The van der Waals surface area contributed by atoms with Crippen LogP contribution >= 0.6 is 0 Å². The number of rotatable bonds is 6. The summed E-state index contributed by atoms with van der Waals surface area (Å²) < 4.78 is 7.06. The van der Waals surface area contributed by atoms with Crippen LogP contribution in [-0.4, -0.2) is 23.7 Å². The van der Waals surface area contributed by atoms with Crippen LogP contribution in [0.5, 0.6) is 0 Å². The topological polar surface area (TPSA) is 40.6 Å². The van der Waals surface area contributed by atoms with Crippen molar-refractivity contribution in [3.63, 3.8) is 0 Å². The Morgan fingerprint density at radius 2 is 1.29 bits per heavy atom. The Morgan fingerprint density at radius 1 is 0.636 bits per heavy atom. The van der Waals surface area contributed by atoms with Crippen LogP contribution in [0.2, 0.25) is 0 Å². The third kappa shape index (κ3) is 5.70. The molecule has 0 unspecified atom stereocenters. The van der Waals surface area contributed by atoms with Crippen LogP contribution in [0.4, 0.5) is 0 Å². The standard InChI is InChI=1S/C48H39N5.C2H6/c1-3-15-42-32(2)38-22-7-10-25-43(38)51(42)36-20-14-21-37(31-36)53-47(33-16-5-4-6-17-33)50-46-39(28-29-49-48(46)53)34-18-13-19-35(30-34)52-44-26-11-8-23-40(44)41-24-9-12-27-45(41)52;1-2/h3-6,8,10-21,23,25-31H,7,9,22,24H2,1-2H3;1-2H3/b15-3-;. The lowest BCUT2D eigenvalue weighted by atomic mass is 10.00. The molecule has 0 radical (unpaired) electrons. The van der Waals surface area contributed by atoms with E-state index in [1.807, 2.05) is 20.0 Å². The summed E-state index contributed by atoms with van der Waals surface area (Å²) in [4.78, 5) is 10.5. The van der Waals surface area contributed by atoms with E-state index in [0.29, 0.717) is 0 Å². The van der Waals surface area contributed by atoms with E-state index in [9.17, 15) is 0 Å². The number of imidazole rings is 1. The highest BCUT2D eigenvalue weighted by molar-refractivity contribution is 5.95. The Labute approximate surface area is 323 Å². The number of allylic oxidation sites excluding steroid dienone is 3. The zero-order valence-corrected chi connectivity index (χ0v) is 32.0. The van der Waals surface area contributed by atoms with Crippen molar-refractivity contribution in [2.45, 2.75) is 53.4 Å². The first-order valence-electron chi connectivity index (χ1n) is 19.7. The van der Waals surface area contributed by atoms with Gasteiger partial charge in [-0.15, -0.1) is 0 Å². The Kier molecular flexibility index (Phi) is 8.99. The maximum atomic E-state index is 5.43. The number of benzene rings is 4. The van der Waals surface area contributed by atoms with E-state index >= 15 is 0 Å². The van der Waals surface area contributed by atoms with Gasteiger partial charge in [0.2, 0.25) is 0 Å². The van der Waals surface area contributed by atoms with Gasteiger partial charge in [0.15, 0.2) is 5.65 Å². The largest absolute Gasteiger partial charge is 0.310 e. The second-order valence-corrected chi connectivity index (χ2v) is 14.0. The fourth-order valence-corrected chi connectivity index (χ4v) is 8.61. The van der Waals surface area contributed by atoms with E-state index in [1.54, 1.807) is 0 Å². The molecule has 4 aromatic heterocycles. The molecule has 0 fully saturated rings. The zero-order chi connectivity index (χ0) is 37.5. The Balaban J connectivity index is 0.00000195. The molecule has 0 amide bonds. The predicted molar refractivity (Wildman–Crippen MR) is 231 cm³/mol. The highest BCUT2D eigenvalue weighted by Gasteiger charge is 2.23. The molecule has 0 bridgehead atoms. The second-order valence-electron chi connectivity index (χ2n) is 14.0. The fourth-order valence-electron chi connectivity index (χ4n) is 8.61. The van der Waals surface area contributed by atoms with E-state index in [0.717, 1.165) is 76.4 Å². The van der Waals surface area contributed by atoms with E-state index in [1.165, 1.54) is 44.7 Å². The lowest BCUT2D eigenvalue weighted by Gasteiger charge is -2.16. The molecule has 5 heteroatoms. The van der Waals surface area contributed by atoms with Gasteiger partial charge in [0.05, 0.1) is 11.2 Å². The first-order valence-corrected chi connectivity index (χ1v) is 19.7. The first-order chi connectivity index (χ1) is 27.2. The highest BCUT2D eigenvalue weighted by atomic mass is 15.1. The van der Waals surface area contributed by atoms with Crippen LogP contribution in [0, 0.1) is 6.92 Å². The Morgan fingerprint density at radius 3 is 2.07 bits per heavy atom. The van der Waals surface area contributed by atoms with Crippen molar-refractivity contribution in [3.8, 4) is 39.6 Å². The van der Waals surface area contributed by atoms with Crippen LogP contribution in [0.25, 0.3) is 79.9 Å². The molecule has 55 heavy (non-hydrogen) atoms. The SMILES string of the molecule is C/C=C\c1c(C)c2c(n1-c1cccc(-n3c(-c4ccccc4)nc4c(-c5cccc(-n6c7c(c8ccccc86)CCC=C7)c5)ccnc43)c1)C=CCC2.CC. The number of nitrogens with zero attached hydrogens (tertiary/aromatic N) is 5. The minimum atomic E-state index is 0.829. The molecule has 0 atom stereocenters. The van der Waals surface area contributed by atoms with Crippen molar-refractivity contribution >= 4 is 40.3 Å². The minimum Gasteiger partial charge on any atom is -0.310 e. The quantitative estimate of drug-likeness (QED) is 0.172. The number of aryl methyl sites for hydroxylation is 1. The zero-order valence-electron chi connectivity index (χ0n) is 32.0. The maximum Gasteiger partial charge on any atom is 0.165 e. The van der Waals surface area contributed by atoms with Crippen molar-refractivity contribution in [1.82, 2.24) is 23.7 Å². The molecule has 270 valence electrons. The number of hydrogen-bond donors (Lipinski definition) is 0. The van der Waals surface area contributed by atoms with Gasteiger partial charge in [0.1, 0.15) is 11.3 Å². The van der Waals surface area contributed by atoms with E-state index in [2.05, 4.69) is 173 Å². The smallest absolute Gasteiger partial charge is 0.165 e. The molecule has 0 saturated carbocycles. The normalized spacial score (nSPS) is 13.3. The molecule has 8 aromatic rings. The lowest BCUT2D eigenvalue weighted by Crippen LogP contribution is -2.04. The van der Waals surface area contributed by atoms with Gasteiger partial charge in [0.25, 0.3) is 0 Å². The monoisotopic (exact) mass is 715 g/mol. The van der Waals surface area contributed by atoms with Crippen LogP contribution in [-0.2, 0) is 12.8 Å². The van der Waals surface area contributed by atoms with Crippen LogP contribution in [0.3, 0.4) is 0 Å². The summed E-state index contributed by atoms with van der Waals surface area (Å²) in [5, 5.41) is 1.33. The molecule has 5 nitrogen and oxygen atoms in total. The van der Waals surface area contributed by atoms with Gasteiger partial charge in [-0.25, -0.2) is 9.97 Å². The Bertz CT molecular complexity index is 2800. The molecule has 4 heterocycles. The van der Waals surface area contributed by atoms with Gasteiger partial charge in [-0.05, 0) is 122 Å². The summed E-state index contributed by atoms with van der Waals surface area (Å²) in [7, 11) is 0. The van der Waals surface area contributed by atoms with Gasteiger partial charge < -0.3 is 9.13 Å². The molecule has 0 saturated heterocycles. The van der Waals surface area contributed by atoms with Crippen molar-refractivity contribution in [1.29, 1.82) is 0 Å². The summed E-state index contributed by atoms with van der Waals surface area (Å²) in [6.07, 6.45) is 19.8. The van der Waals surface area contributed by atoms with E-state index in [-0.39, 0.29) is 0 Å². The molecule has 0 N–H and O–H groups in total. The third-order valence-corrected chi connectivity index (χ3v) is 11.0. The average molecular weight is 716 g/mol. The fraction of sp³-hybridized carbons (Fsp3) is 0.160. The van der Waals surface area contributed by atoms with Crippen molar-refractivity contribution in [2.75, 3.05) is 0 Å². The number of pyridine rings is 1. The van der Waals surface area contributed by atoms with Crippen LogP contribution in [0.15, 0.2) is 134 Å². The minimum absolute atomic E-state index is 0.829. The van der Waals surface area contributed by atoms with Gasteiger partial charge in [0, 0.05) is 51.2 Å². The molecule has 2 aliphatic rings. The van der Waals surface area contributed by atoms with Crippen LogP contribution < -0.4 is 0 Å². The molecular weight excluding hydrogens is 671 g/mol. The summed E-state index contributed by atoms with van der Waals surface area (Å²) in [6, 6.07) is 39.1. The molecule has 4 aromatic carbocycles.